The molecule has 1 aliphatic carbocycles. The van der Waals surface area contributed by atoms with Gasteiger partial charge in [-0.2, -0.15) is 0 Å². The average molecular weight is 728 g/mol. The van der Waals surface area contributed by atoms with Gasteiger partial charge in [0.05, 0.1) is 16.4 Å². The van der Waals surface area contributed by atoms with Gasteiger partial charge in [-0.1, -0.05) is 190 Å². The molecule has 9 aromatic carbocycles. The van der Waals surface area contributed by atoms with Crippen molar-refractivity contribution in [3.05, 3.63) is 223 Å². The SMILES string of the molecule is [2H]c1c([2H])c(-c2cccc3ccccc23)c([2H])c(N(c2c([2H])c([2H])c(-c3ccc(-c4ccccc4)cc3)c([2H])c2[2H])c2c([2H])c([2H])c(-c3cccc4c3C(C)(C)c3ccccc3-4)c([2H])c2[2H])c1[2H]. The Hall–Kier alpha value is -6.96. The molecule has 0 radical (unpaired) electrons. The zero-order valence-corrected chi connectivity index (χ0v) is 30.7. The Morgan fingerprint density at radius 1 is 0.393 bits per heavy atom. The smallest absolute Gasteiger partial charge is 0.0651 e. The van der Waals surface area contributed by atoms with Crippen molar-refractivity contribution < 1.29 is 16.4 Å². The number of nitrogens with zero attached hydrogens (tertiary/aromatic N) is 1. The van der Waals surface area contributed by atoms with Crippen LogP contribution in [0.25, 0.3) is 66.4 Å². The van der Waals surface area contributed by atoms with Gasteiger partial charge in [0.25, 0.3) is 0 Å². The van der Waals surface area contributed by atoms with Gasteiger partial charge >= 0.3 is 0 Å². The lowest BCUT2D eigenvalue weighted by Gasteiger charge is -2.27. The maximum Gasteiger partial charge on any atom is 0.0651 e. The zero-order chi connectivity index (χ0) is 48.1. The Bertz CT molecular complexity index is 3510. The molecule has 266 valence electrons. The number of anilines is 3. The van der Waals surface area contributed by atoms with Gasteiger partial charge in [0.2, 0.25) is 0 Å². The van der Waals surface area contributed by atoms with Crippen LogP contribution < -0.4 is 4.90 Å². The first-order valence-corrected chi connectivity index (χ1v) is 18.5. The summed E-state index contributed by atoms with van der Waals surface area (Å²) < 4.78 is 115. The summed E-state index contributed by atoms with van der Waals surface area (Å²) in [6, 6.07) is 35.8. The fourth-order valence-electron chi connectivity index (χ4n) is 7.99. The van der Waals surface area contributed by atoms with E-state index in [0.29, 0.717) is 22.1 Å². The maximum atomic E-state index is 9.90. The third-order valence-electron chi connectivity index (χ3n) is 10.7. The van der Waals surface area contributed by atoms with E-state index in [1.165, 1.54) is 0 Å². The molecule has 1 aliphatic rings. The van der Waals surface area contributed by atoms with Crippen molar-refractivity contribution in [3.63, 3.8) is 0 Å². The number of hydrogen-bond acceptors (Lipinski definition) is 1. The molecule has 0 heterocycles. The summed E-state index contributed by atoms with van der Waals surface area (Å²) in [4.78, 5) is 0.916. The molecule has 0 bridgehead atoms. The molecule has 10 rings (SSSR count). The van der Waals surface area contributed by atoms with Gasteiger partial charge in [0, 0.05) is 22.5 Å². The lowest BCUT2D eigenvalue weighted by atomic mass is 9.79. The van der Waals surface area contributed by atoms with Crippen LogP contribution in [0.2, 0.25) is 0 Å². The van der Waals surface area contributed by atoms with Gasteiger partial charge in [0.15, 0.2) is 0 Å². The van der Waals surface area contributed by atoms with Gasteiger partial charge in [-0.25, -0.2) is 0 Å². The highest BCUT2D eigenvalue weighted by Crippen LogP contribution is 2.52. The van der Waals surface area contributed by atoms with E-state index in [2.05, 4.69) is 0 Å². The summed E-state index contributed by atoms with van der Waals surface area (Å²) in [7, 11) is 0. The fourth-order valence-corrected chi connectivity index (χ4v) is 7.99. The van der Waals surface area contributed by atoms with Gasteiger partial charge < -0.3 is 4.90 Å². The number of fused-ring (bicyclic) bond motifs is 4. The van der Waals surface area contributed by atoms with E-state index in [1.54, 1.807) is 42.5 Å². The highest BCUT2D eigenvalue weighted by Gasteiger charge is 2.37. The summed E-state index contributed by atoms with van der Waals surface area (Å²) >= 11 is 0. The van der Waals surface area contributed by atoms with Crippen molar-refractivity contribution in [2.75, 3.05) is 4.90 Å². The molecule has 0 saturated carbocycles. The molecule has 1 nitrogen and oxygen atoms in total. The van der Waals surface area contributed by atoms with Crippen LogP contribution in [-0.2, 0) is 5.41 Å². The second-order valence-corrected chi connectivity index (χ2v) is 14.4. The Labute approximate surface area is 346 Å². The molecular formula is C55H41N. The van der Waals surface area contributed by atoms with Gasteiger partial charge in [-0.15, -0.1) is 0 Å². The van der Waals surface area contributed by atoms with Crippen molar-refractivity contribution in [1.82, 2.24) is 0 Å². The Morgan fingerprint density at radius 2 is 0.946 bits per heavy atom. The fraction of sp³-hybridized carbons (Fsp3) is 0.0545. The lowest BCUT2D eigenvalue weighted by molar-refractivity contribution is 0.662. The standard InChI is InChI=1S/C55H41N/c1-55(2)53-24-9-8-20-51(53)52-23-12-22-50(54(52)55)43-31-35-46(36-32-43)56(47-18-10-17-44(37-47)49-21-11-16-42-15-6-7-19-48(42)49)45-33-29-41(30-34-45)40-27-25-39(26-28-40)38-13-4-3-5-14-38/h3-37H,1-2H3/i10D,17D,18D,29D,30D,31D,32D,33D,34D,35D,36D,37D. The molecule has 0 fully saturated rings. The maximum absolute atomic E-state index is 9.90. The van der Waals surface area contributed by atoms with Crippen LogP contribution in [0, 0.1) is 0 Å². The monoisotopic (exact) mass is 727 g/mol. The van der Waals surface area contributed by atoms with Gasteiger partial charge in [-0.05, 0) is 114 Å². The second kappa shape index (κ2) is 13.7. The first-order valence-electron chi connectivity index (χ1n) is 24.5. The van der Waals surface area contributed by atoms with Crippen LogP contribution in [0.4, 0.5) is 17.1 Å². The van der Waals surface area contributed by atoms with E-state index in [9.17, 15) is 16.4 Å². The zero-order valence-electron chi connectivity index (χ0n) is 42.7. The molecule has 0 amide bonds. The molecule has 9 aromatic rings. The Balaban J connectivity index is 1.27. The highest BCUT2D eigenvalue weighted by molar-refractivity contribution is 5.97. The lowest BCUT2D eigenvalue weighted by Crippen LogP contribution is -2.16. The van der Waals surface area contributed by atoms with Crippen LogP contribution in [-0.4, -0.2) is 0 Å². The quantitative estimate of drug-likeness (QED) is 0.158. The predicted molar refractivity (Wildman–Crippen MR) is 238 cm³/mol. The summed E-state index contributed by atoms with van der Waals surface area (Å²) in [6.45, 7) is 4.09. The minimum absolute atomic E-state index is 0.00777. The molecule has 1 heteroatoms. The van der Waals surface area contributed by atoms with Crippen molar-refractivity contribution in [1.29, 1.82) is 0 Å². The van der Waals surface area contributed by atoms with Crippen LogP contribution in [0.1, 0.15) is 41.4 Å². The van der Waals surface area contributed by atoms with E-state index in [4.69, 9.17) is 0 Å². The first-order chi connectivity index (χ1) is 32.6. The molecule has 0 saturated heterocycles. The first kappa shape index (κ1) is 23.1. The molecule has 0 atom stereocenters. The number of hydrogen-bond donors (Lipinski definition) is 0. The molecule has 0 aromatic heterocycles. The number of benzene rings is 9. The van der Waals surface area contributed by atoms with E-state index in [0.717, 1.165) is 43.7 Å². The highest BCUT2D eigenvalue weighted by atomic mass is 15.1. The molecule has 0 unspecified atom stereocenters. The largest absolute Gasteiger partial charge is 0.310 e. The molecular weight excluding hydrogens is 675 g/mol. The van der Waals surface area contributed by atoms with Crippen LogP contribution in [0.5, 0.6) is 0 Å². The molecule has 0 N–H and O–H groups in total. The van der Waals surface area contributed by atoms with Crippen LogP contribution in [0.15, 0.2) is 212 Å². The van der Waals surface area contributed by atoms with Crippen molar-refractivity contribution >= 4 is 27.8 Å². The second-order valence-electron chi connectivity index (χ2n) is 14.4. The predicted octanol–water partition coefficient (Wildman–Crippen LogP) is 15.3. The van der Waals surface area contributed by atoms with Crippen molar-refractivity contribution in [3.8, 4) is 55.6 Å². The molecule has 0 spiro atoms. The van der Waals surface area contributed by atoms with Crippen LogP contribution in [0.3, 0.4) is 0 Å². The summed E-state index contributed by atoms with van der Waals surface area (Å²) in [5, 5.41) is 1.40. The van der Waals surface area contributed by atoms with Crippen molar-refractivity contribution in [2.24, 2.45) is 0 Å². The van der Waals surface area contributed by atoms with E-state index < -0.39 is 95.0 Å². The van der Waals surface area contributed by atoms with Gasteiger partial charge in [-0.3, -0.25) is 0 Å². The minimum Gasteiger partial charge on any atom is -0.310 e. The average Bonchev–Trinajstić information content (AvgIpc) is 3.59. The minimum atomic E-state index is -0.720. The van der Waals surface area contributed by atoms with E-state index in [-0.39, 0.29) is 16.7 Å². The van der Waals surface area contributed by atoms with Crippen molar-refractivity contribution in [2.45, 2.75) is 19.3 Å². The third kappa shape index (κ3) is 5.81. The Morgan fingerprint density at radius 3 is 1.71 bits per heavy atom. The number of rotatable bonds is 7. The van der Waals surface area contributed by atoms with E-state index >= 15 is 0 Å². The summed E-state index contributed by atoms with van der Waals surface area (Å²) in [6.07, 6.45) is 0. The Kier molecular flexibility index (Phi) is 5.65. The van der Waals surface area contributed by atoms with Crippen LogP contribution >= 0.6 is 0 Å². The van der Waals surface area contributed by atoms with Gasteiger partial charge in [0.1, 0.15) is 0 Å². The topological polar surface area (TPSA) is 3.24 Å². The summed E-state index contributed by atoms with van der Waals surface area (Å²) in [5.74, 6) is 0. The normalized spacial score (nSPS) is 15.6. The van der Waals surface area contributed by atoms with E-state index in [1.807, 2.05) is 111 Å². The third-order valence-corrected chi connectivity index (χ3v) is 10.7. The molecule has 0 aliphatic heterocycles. The molecule has 56 heavy (non-hydrogen) atoms. The summed E-state index contributed by atoms with van der Waals surface area (Å²) in [5.41, 5.74) is 4.39.